The molecule has 1 unspecified atom stereocenters. The van der Waals surface area contributed by atoms with Gasteiger partial charge in [0, 0.05) is 18.0 Å². The van der Waals surface area contributed by atoms with Gasteiger partial charge in [0.25, 0.3) is 0 Å². The third-order valence-electron chi connectivity index (χ3n) is 4.75. The molecule has 3 nitrogen and oxygen atoms in total. The predicted molar refractivity (Wildman–Crippen MR) is 96.7 cm³/mol. The van der Waals surface area contributed by atoms with E-state index in [0.29, 0.717) is 6.61 Å². The molecule has 2 rings (SSSR count). The summed E-state index contributed by atoms with van der Waals surface area (Å²) < 4.78 is 6.31. The van der Waals surface area contributed by atoms with Crippen molar-refractivity contribution in [1.82, 2.24) is 4.98 Å². The molecule has 0 saturated heterocycles. The van der Waals surface area contributed by atoms with Crippen LogP contribution in [0.2, 0.25) is 18.1 Å². The van der Waals surface area contributed by atoms with E-state index >= 15 is 0 Å². The summed E-state index contributed by atoms with van der Waals surface area (Å²) in [6.45, 7) is 11.7. The van der Waals surface area contributed by atoms with Crippen LogP contribution in [0, 0.1) is 0 Å². The quantitative estimate of drug-likeness (QED) is 0.810. The van der Waals surface area contributed by atoms with Crippen LogP contribution in [0.3, 0.4) is 0 Å². The van der Waals surface area contributed by atoms with E-state index in [1.165, 1.54) is 0 Å². The molecule has 0 spiro atoms. The summed E-state index contributed by atoms with van der Waals surface area (Å²) in [4.78, 5) is 4.18. The predicted octanol–water partition coefficient (Wildman–Crippen LogP) is 4.69. The van der Waals surface area contributed by atoms with Crippen LogP contribution < -0.4 is 0 Å². The van der Waals surface area contributed by atoms with Gasteiger partial charge in [-0.2, -0.15) is 0 Å². The lowest BCUT2D eigenvalue weighted by Crippen LogP contribution is -2.40. The van der Waals surface area contributed by atoms with Crippen LogP contribution in [-0.4, -0.2) is 18.4 Å². The first-order valence-corrected chi connectivity index (χ1v) is 10.9. The molecule has 1 N–H and O–H groups in total. The molecule has 0 bridgehead atoms. The third-order valence-corrected chi connectivity index (χ3v) is 9.23. The van der Waals surface area contributed by atoms with Gasteiger partial charge in [0.2, 0.25) is 0 Å². The third kappa shape index (κ3) is 4.28. The number of hydrogen-bond acceptors (Lipinski definition) is 3. The first-order chi connectivity index (χ1) is 10.7. The molecule has 0 aliphatic carbocycles. The van der Waals surface area contributed by atoms with Gasteiger partial charge in [-0.25, -0.2) is 0 Å². The number of benzene rings is 1. The van der Waals surface area contributed by atoms with Gasteiger partial charge in [-0.15, -0.1) is 0 Å². The Morgan fingerprint density at radius 3 is 2.39 bits per heavy atom. The lowest BCUT2D eigenvalue weighted by atomic mass is 9.99. The number of aliphatic hydroxyl groups excluding tert-OH is 1. The Morgan fingerprint density at radius 1 is 1.13 bits per heavy atom. The normalized spacial score (nSPS) is 13.8. The lowest BCUT2D eigenvalue weighted by Gasteiger charge is -2.36. The van der Waals surface area contributed by atoms with Crippen LogP contribution in [0.5, 0.6) is 0 Å². The molecule has 4 heteroatoms. The van der Waals surface area contributed by atoms with Gasteiger partial charge < -0.3 is 9.53 Å². The molecule has 0 aliphatic rings. The van der Waals surface area contributed by atoms with Crippen LogP contribution in [-0.2, 0) is 11.0 Å². The van der Waals surface area contributed by atoms with Crippen molar-refractivity contribution < 1.29 is 9.53 Å². The van der Waals surface area contributed by atoms with E-state index in [1.807, 2.05) is 36.4 Å². The molecule has 1 aromatic heterocycles. The standard InChI is InChI=1S/C19H27NO2Si/c1-19(2,3)23(4,5)22-14-16-11-12-20-13-17(16)18(21)15-9-7-6-8-10-15/h6-13,18,21H,14H2,1-5H3. The summed E-state index contributed by atoms with van der Waals surface area (Å²) in [6.07, 6.45) is 2.82. The van der Waals surface area contributed by atoms with Crippen LogP contribution >= 0.6 is 0 Å². The fourth-order valence-corrected chi connectivity index (χ4v) is 3.05. The number of nitrogens with zero attached hydrogens (tertiary/aromatic N) is 1. The van der Waals surface area contributed by atoms with Gasteiger partial charge in [0.1, 0.15) is 6.10 Å². The minimum absolute atomic E-state index is 0.165. The monoisotopic (exact) mass is 329 g/mol. The minimum atomic E-state index is -1.83. The second kappa shape index (κ2) is 6.95. The highest BCUT2D eigenvalue weighted by Gasteiger charge is 2.37. The van der Waals surface area contributed by atoms with Crippen LogP contribution in [0.25, 0.3) is 0 Å². The Kier molecular flexibility index (Phi) is 5.40. The second-order valence-electron chi connectivity index (χ2n) is 7.44. The van der Waals surface area contributed by atoms with Gasteiger partial charge in [-0.3, -0.25) is 4.98 Å². The zero-order valence-electron chi connectivity index (χ0n) is 14.7. The molecule has 0 amide bonds. The van der Waals surface area contributed by atoms with Crippen molar-refractivity contribution in [1.29, 1.82) is 0 Å². The van der Waals surface area contributed by atoms with Gasteiger partial charge in [0.05, 0.1) is 6.61 Å². The van der Waals surface area contributed by atoms with Crippen LogP contribution in [0.1, 0.15) is 43.6 Å². The topological polar surface area (TPSA) is 42.4 Å². The fourth-order valence-electron chi connectivity index (χ4n) is 2.10. The highest BCUT2D eigenvalue weighted by atomic mass is 28.4. The number of rotatable bonds is 5. The van der Waals surface area contributed by atoms with Crippen molar-refractivity contribution in [2.45, 2.75) is 51.6 Å². The van der Waals surface area contributed by atoms with Crippen molar-refractivity contribution in [2.75, 3.05) is 0 Å². The Balaban J connectivity index is 2.22. The summed E-state index contributed by atoms with van der Waals surface area (Å²) >= 11 is 0. The number of aromatic nitrogens is 1. The van der Waals surface area contributed by atoms with E-state index in [2.05, 4.69) is 38.8 Å². The van der Waals surface area contributed by atoms with Crippen molar-refractivity contribution in [2.24, 2.45) is 0 Å². The average molecular weight is 330 g/mol. The summed E-state index contributed by atoms with van der Waals surface area (Å²) in [5.74, 6) is 0. The Hall–Kier alpha value is -1.49. The van der Waals surface area contributed by atoms with Crippen molar-refractivity contribution >= 4 is 8.32 Å². The summed E-state index contributed by atoms with van der Waals surface area (Å²) in [5.41, 5.74) is 2.69. The fraction of sp³-hybridized carbons (Fsp3) is 0.421. The van der Waals surface area contributed by atoms with E-state index in [-0.39, 0.29) is 5.04 Å². The smallest absolute Gasteiger partial charge is 0.192 e. The Morgan fingerprint density at radius 2 is 1.78 bits per heavy atom. The Labute approximate surface area is 140 Å². The van der Waals surface area contributed by atoms with Gasteiger partial charge >= 0.3 is 0 Å². The highest BCUT2D eigenvalue weighted by Crippen LogP contribution is 2.37. The van der Waals surface area contributed by atoms with E-state index in [0.717, 1.165) is 16.7 Å². The molecular weight excluding hydrogens is 302 g/mol. The largest absolute Gasteiger partial charge is 0.413 e. The summed E-state index contributed by atoms with van der Waals surface area (Å²) in [6, 6.07) is 11.6. The van der Waals surface area contributed by atoms with Gasteiger partial charge in [-0.1, -0.05) is 51.1 Å². The Bertz CT molecular complexity index is 635. The molecule has 0 fully saturated rings. The zero-order valence-corrected chi connectivity index (χ0v) is 15.7. The molecule has 1 atom stereocenters. The maximum absolute atomic E-state index is 10.7. The number of pyridine rings is 1. The molecule has 2 aromatic rings. The first kappa shape index (κ1) is 17.9. The molecule has 1 aromatic carbocycles. The average Bonchev–Trinajstić information content (AvgIpc) is 2.52. The second-order valence-corrected chi connectivity index (χ2v) is 12.2. The van der Waals surface area contributed by atoms with Crippen molar-refractivity contribution in [3.8, 4) is 0 Å². The SMILES string of the molecule is CC(C)(C)[Si](C)(C)OCc1ccncc1C(O)c1ccccc1. The molecule has 124 valence electrons. The van der Waals surface area contributed by atoms with E-state index in [9.17, 15) is 5.11 Å². The van der Waals surface area contributed by atoms with Crippen molar-refractivity contribution in [3.05, 3.63) is 65.5 Å². The van der Waals surface area contributed by atoms with E-state index < -0.39 is 14.4 Å². The molecule has 0 aliphatic heterocycles. The highest BCUT2D eigenvalue weighted by molar-refractivity contribution is 6.74. The van der Waals surface area contributed by atoms with Crippen molar-refractivity contribution in [3.63, 3.8) is 0 Å². The summed E-state index contributed by atoms with van der Waals surface area (Å²) in [7, 11) is -1.83. The van der Waals surface area contributed by atoms with Gasteiger partial charge in [0.15, 0.2) is 8.32 Å². The molecular formula is C19H27NO2Si. The summed E-state index contributed by atoms with van der Waals surface area (Å²) in [5, 5.41) is 10.8. The molecule has 0 saturated carbocycles. The first-order valence-electron chi connectivity index (χ1n) is 8.02. The molecule has 23 heavy (non-hydrogen) atoms. The van der Waals surface area contributed by atoms with E-state index in [4.69, 9.17) is 4.43 Å². The maximum Gasteiger partial charge on any atom is 0.192 e. The van der Waals surface area contributed by atoms with Crippen LogP contribution in [0.4, 0.5) is 0 Å². The molecule has 0 radical (unpaired) electrons. The maximum atomic E-state index is 10.7. The van der Waals surface area contributed by atoms with Gasteiger partial charge in [-0.05, 0) is 35.3 Å². The number of aliphatic hydroxyl groups is 1. The number of hydrogen-bond donors (Lipinski definition) is 1. The lowest BCUT2D eigenvalue weighted by molar-refractivity contribution is 0.212. The van der Waals surface area contributed by atoms with Crippen LogP contribution in [0.15, 0.2) is 48.8 Å². The minimum Gasteiger partial charge on any atom is -0.413 e. The van der Waals surface area contributed by atoms with E-state index in [1.54, 1.807) is 12.4 Å². The zero-order chi connectivity index (χ0) is 17.1. The molecule has 1 heterocycles.